The van der Waals surface area contributed by atoms with Crippen molar-refractivity contribution in [1.29, 1.82) is 0 Å². The van der Waals surface area contributed by atoms with Gasteiger partial charge in [0, 0.05) is 24.7 Å². The third-order valence-corrected chi connectivity index (χ3v) is 4.65. The molecule has 1 saturated carbocycles. The van der Waals surface area contributed by atoms with Gasteiger partial charge in [0.2, 0.25) is 0 Å². The van der Waals surface area contributed by atoms with Gasteiger partial charge in [0.1, 0.15) is 0 Å². The first kappa shape index (κ1) is 17.0. The van der Waals surface area contributed by atoms with E-state index in [0.717, 1.165) is 30.6 Å². The lowest BCUT2D eigenvalue weighted by Gasteiger charge is -2.42. The van der Waals surface area contributed by atoms with E-state index < -0.39 is 0 Å². The lowest BCUT2D eigenvalue weighted by atomic mass is 9.88. The topological polar surface area (TPSA) is 15.3 Å². The van der Waals surface area contributed by atoms with Crippen molar-refractivity contribution in [1.82, 2.24) is 10.2 Å². The maximum Gasteiger partial charge on any atom is 0.00994 e. The second-order valence-electron chi connectivity index (χ2n) is 6.62. The zero-order chi connectivity index (χ0) is 14.3. The van der Waals surface area contributed by atoms with Crippen LogP contribution in [-0.4, -0.2) is 36.1 Å². The van der Waals surface area contributed by atoms with Gasteiger partial charge in [0.05, 0.1) is 0 Å². The van der Waals surface area contributed by atoms with Gasteiger partial charge in [-0.05, 0) is 51.0 Å². The van der Waals surface area contributed by atoms with Crippen molar-refractivity contribution in [2.45, 2.75) is 91.3 Å². The van der Waals surface area contributed by atoms with E-state index in [9.17, 15) is 0 Å². The van der Waals surface area contributed by atoms with Crippen LogP contribution in [0.2, 0.25) is 0 Å². The molecule has 19 heavy (non-hydrogen) atoms. The van der Waals surface area contributed by atoms with Gasteiger partial charge in [0.25, 0.3) is 0 Å². The molecule has 0 aromatic rings. The fraction of sp³-hybridized carbons (Fsp3) is 1.00. The van der Waals surface area contributed by atoms with Crippen molar-refractivity contribution in [3.05, 3.63) is 0 Å². The van der Waals surface area contributed by atoms with Crippen molar-refractivity contribution in [2.75, 3.05) is 13.1 Å². The van der Waals surface area contributed by atoms with Crippen molar-refractivity contribution in [2.24, 2.45) is 5.92 Å². The Morgan fingerprint density at radius 3 is 2.00 bits per heavy atom. The van der Waals surface area contributed by atoms with Crippen LogP contribution >= 0.6 is 0 Å². The van der Waals surface area contributed by atoms with Crippen LogP contribution < -0.4 is 5.32 Å². The van der Waals surface area contributed by atoms with E-state index in [0.29, 0.717) is 0 Å². The van der Waals surface area contributed by atoms with Crippen molar-refractivity contribution < 1.29 is 0 Å². The third-order valence-electron chi connectivity index (χ3n) is 4.65. The summed E-state index contributed by atoms with van der Waals surface area (Å²) in [6, 6.07) is 2.41. The minimum atomic E-state index is 0.781. The molecule has 1 N–H and O–H groups in total. The average Bonchev–Trinajstić information content (AvgIpc) is 2.40. The molecule has 1 aliphatic carbocycles. The molecule has 2 nitrogen and oxygen atoms in total. The summed E-state index contributed by atoms with van der Waals surface area (Å²) in [5, 5.41) is 3.62. The van der Waals surface area contributed by atoms with Gasteiger partial charge < -0.3 is 5.32 Å². The predicted octanol–water partition coefficient (Wildman–Crippen LogP) is 4.05. The number of hydrogen-bond acceptors (Lipinski definition) is 2. The molecule has 0 aliphatic heterocycles. The molecule has 1 aliphatic rings. The normalized spacial score (nSPS) is 24.6. The predicted molar refractivity (Wildman–Crippen MR) is 85.6 cm³/mol. The molecule has 0 saturated heterocycles. The quantitative estimate of drug-likeness (QED) is 0.714. The molecule has 0 radical (unpaired) electrons. The minimum absolute atomic E-state index is 0.781. The van der Waals surface area contributed by atoms with Crippen LogP contribution in [0.3, 0.4) is 0 Å². The van der Waals surface area contributed by atoms with E-state index >= 15 is 0 Å². The number of nitrogens with one attached hydrogen (secondary N) is 1. The monoisotopic (exact) mass is 268 g/mol. The van der Waals surface area contributed by atoms with Crippen LogP contribution in [0.1, 0.15) is 73.1 Å². The summed E-state index contributed by atoms with van der Waals surface area (Å²) < 4.78 is 0. The summed E-state index contributed by atoms with van der Waals surface area (Å²) in [6.45, 7) is 14.1. The lowest BCUT2D eigenvalue weighted by Crippen LogP contribution is -2.48. The smallest absolute Gasteiger partial charge is 0.00994 e. The minimum Gasteiger partial charge on any atom is -0.314 e. The molecule has 0 unspecified atom stereocenters. The zero-order valence-corrected chi connectivity index (χ0v) is 13.9. The molecule has 0 aromatic carbocycles. The first-order valence-electron chi connectivity index (χ1n) is 8.61. The van der Waals surface area contributed by atoms with E-state index in [-0.39, 0.29) is 0 Å². The van der Waals surface area contributed by atoms with Gasteiger partial charge in [-0.15, -0.1) is 0 Å². The Balaban J connectivity index is 2.56. The Kier molecular flexibility index (Phi) is 8.01. The largest absolute Gasteiger partial charge is 0.314 e. The molecular formula is C17H36N2. The van der Waals surface area contributed by atoms with Crippen molar-refractivity contribution in [3.8, 4) is 0 Å². The summed E-state index contributed by atoms with van der Waals surface area (Å²) in [7, 11) is 0. The van der Waals surface area contributed by atoms with Crippen LogP contribution in [-0.2, 0) is 0 Å². The highest BCUT2D eigenvalue weighted by molar-refractivity contribution is 4.85. The molecule has 0 bridgehead atoms. The maximum absolute atomic E-state index is 3.62. The van der Waals surface area contributed by atoms with Crippen LogP contribution in [0.4, 0.5) is 0 Å². The molecule has 0 aromatic heterocycles. The molecule has 0 spiro atoms. The molecular weight excluding hydrogens is 232 g/mol. The third kappa shape index (κ3) is 5.43. The molecule has 114 valence electrons. The van der Waals surface area contributed by atoms with Gasteiger partial charge in [-0.1, -0.05) is 34.6 Å². The number of nitrogens with zero attached hydrogens (tertiary/aromatic N) is 1. The Morgan fingerprint density at radius 1 is 1.00 bits per heavy atom. The lowest BCUT2D eigenvalue weighted by molar-refractivity contribution is 0.0783. The first-order valence-corrected chi connectivity index (χ1v) is 8.61. The number of rotatable bonds is 8. The summed E-state index contributed by atoms with van der Waals surface area (Å²) >= 11 is 0. The SMILES string of the molecule is CCNC1CCC(N(CC(C)C)C(CC)CC)CC1. The second kappa shape index (κ2) is 8.97. The molecule has 0 amide bonds. The fourth-order valence-electron chi connectivity index (χ4n) is 3.68. The van der Waals surface area contributed by atoms with Crippen LogP contribution in [0.15, 0.2) is 0 Å². The molecule has 0 heterocycles. The zero-order valence-electron chi connectivity index (χ0n) is 13.9. The average molecular weight is 268 g/mol. The van der Waals surface area contributed by atoms with Gasteiger partial charge in [-0.3, -0.25) is 4.90 Å². The summed E-state index contributed by atoms with van der Waals surface area (Å²) in [5.41, 5.74) is 0. The molecule has 1 rings (SSSR count). The molecule has 0 atom stereocenters. The van der Waals surface area contributed by atoms with Crippen LogP contribution in [0.25, 0.3) is 0 Å². The van der Waals surface area contributed by atoms with Crippen molar-refractivity contribution in [3.63, 3.8) is 0 Å². The Morgan fingerprint density at radius 2 is 1.58 bits per heavy atom. The first-order chi connectivity index (χ1) is 9.12. The standard InChI is InChI=1S/C17H36N2/c1-6-16(7-2)19(13-14(4)5)17-11-9-15(10-12-17)18-8-3/h14-18H,6-13H2,1-5H3. The molecule has 2 heteroatoms. The van der Waals surface area contributed by atoms with Crippen LogP contribution in [0, 0.1) is 5.92 Å². The summed E-state index contributed by atoms with van der Waals surface area (Å²) in [5.74, 6) is 0.784. The van der Waals surface area contributed by atoms with E-state index in [1.807, 2.05) is 0 Å². The molecule has 1 fully saturated rings. The summed E-state index contributed by atoms with van der Waals surface area (Å²) in [4.78, 5) is 2.84. The summed E-state index contributed by atoms with van der Waals surface area (Å²) in [6.07, 6.45) is 8.12. The second-order valence-corrected chi connectivity index (χ2v) is 6.62. The highest BCUT2D eigenvalue weighted by Gasteiger charge is 2.29. The highest BCUT2D eigenvalue weighted by Crippen LogP contribution is 2.27. The van der Waals surface area contributed by atoms with Crippen molar-refractivity contribution >= 4 is 0 Å². The van der Waals surface area contributed by atoms with E-state index in [4.69, 9.17) is 0 Å². The van der Waals surface area contributed by atoms with Crippen LogP contribution in [0.5, 0.6) is 0 Å². The Bertz CT molecular complexity index is 215. The Hall–Kier alpha value is -0.0800. The fourth-order valence-corrected chi connectivity index (χ4v) is 3.68. The van der Waals surface area contributed by atoms with Gasteiger partial charge >= 0.3 is 0 Å². The number of hydrogen-bond donors (Lipinski definition) is 1. The highest BCUT2D eigenvalue weighted by atomic mass is 15.2. The van der Waals surface area contributed by atoms with E-state index in [1.165, 1.54) is 45.1 Å². The van der Waals surface area contributed by atoms with Gasteiger partial charge in [-0.2, -0.15) is 0 Å². The van der Waals surface area contributed by atoms with Gasteiger partial charge in [0.15, 0.2) is 0 Å². The Labute approximate surface area is 121 Å². The van der Waals surface area contributed by atoms with E-state index in [1.54, 1.807) is 0 Å². The van der Waals surface area contributed by atoms with E-state index in [2.05, 4.69) is 44.8 Å². The maximum atomic E-state index is 3.62. The van der Waals surface area contributed by atoms with Gasteiger partial charge in [-0.25, -0.2) is 0 Å².